The molecule has 1 aromatic carbocycles. The van der Waals surface area contributed by atoms with E-state index in [1.165, 1.54) is 17.1 Å². The highest BCUT2D eigenvalue weighted by molar-refractivity contribution is 5.79. The normalized spacial score (nSPS) is 12.2. The van der Waals surface area contributed by atoms with Crippen LogP contribution in [0.1, 0.15) is 16.8 Å². The van der Waals surface area contributed by atoms with Crippen LogP contribution in [0.5, 0.6) is 0 Å². The Morgan fingerprint density at radius 2 is 2.05 bits per heavy atom. The molecule has 0 atom stereocenters. The number of anilines is 1. The topological polar surface area (TPSA) is 56.2 Å². The molecule has 0 saturated carbocycles. The Morgan fingerprint density at radius 1 is 1.35 bits per heavy atom. The van der Waals surface area contributed by atoms with Crippen molar-refractivity contribution in [3.8, 4) is 0 Å². The first-order chi connectivity index (χ1) is 9.27. The van der Waals surface area contributed by atoms with Gasteiger partial charge in [0, 0.05) is 0 Å². The van der Waals surface area contributed by atoms with E-state index in [2.05, 4.69) is 10.1 Å². The Kier molecular flexibility index (Phi) is 3.47. The van der Waals surface area contributed by atoms with Crippen LogP contribution in [0, 0.1) is 12.7 Å². The molecule has 0 aliphatic rings. The minimum Gasteiger partial charge on any atom is -0.368 e. The van der Waals surface area contributed by atoms with E-state index in [0.29, 0.717) is 11.8 Å². The fourth-order valence-corrected chi connectivity index (χ4v) is 1.57. The molecule has 0 aliphatic heterocycles. The molecule has 8 heteroatoms. The van der Waals surface area contributed by atoms with Crippen molar-refractivity contribution in [3.63, 3.8) is 0 Å². The SMILES string of the molecule is Cc1cn(N=Cc2ccc(C(F)(F)F)c(F)c2)c(N)n1. The lowest BCUT2D eigenvalue weighted by molar-refractivity contribution is -0.140. The van der Waals surface area contributed by atoms with Crippen LogP contribution in [0.3, 0.4) is 0 Å². The number of benzene rings is 1. The molecule has 0 spiro atoms. The van der Waals surface area contributed by atoms with Gasteiger partial charge < -0.3 is 5.73 Å². The molecule has 0 saturated heterocycles. The van der Waals surface area contributed by atoms with Crippen molar-refractivity contribution in [1.29, 1.82) is 0 Å². The van der Waals surface area contributed by atoms with Gasteiger partial charge in [-0.2, -0.15) is 18.3 Å². The molecule has 1 heterocycles. The largest absolute Gasteiger partial charge is 0.419 e. The molecule has 0 amide bonds. The number of nitrogens with zero attached hydrogens (tertiary/aromatic N) is 3. The average Bonchev–Trinajstić information content (AvgIpc) is 2.63. The molecule has 0 bridgehead atoms. The van der Waals surface area contributed by atoms with E-state index in [-0.39, 0.29) is 11.5 Å². The second-order valence-corrected chi connectivity index (χ2v) is 4.07. The van der Waals surface area contributed by atoms with Crippen LogP contribution in [-0.4, -0.2) is 15.9 Å². The van der Waals surface area contributed by atoms with E-state index in [0.717, 1.165) is 12.1 Å². The van der Waals surface area contributed by atoms with Crippen molar-refractivity contribution in [1.82, 2.24) is 9.66 Å². The van der Waals surface area contributed by atoms with E-state index >= 15 is 0 Å². The van der Waals surface area contributed by atoms with Gasteiger partial charge in [0.05, 0.1) is 23.7 Å². The van der Waals surface area contributed by atoms with Crippen molar-refractivity contribution in [3.05, 3.63) is 47.0 Å². The summed E-state index contributed by atoms with van der Waals surface area (Å²) in [6, 6.07) is 2.54. The predicted octanol–water partition coefficient (Wildman–Crippen LogP) is 2.81. The fourth-order valence-electron chi connectivity index (χ4n) is 1.57. The smallest absolute Gasteiger partial charge is 0.368 e. The summed E-state index contributed by atoms with van der Waals surface area (Å²) in [5.41, 5.74) is 5.04. The van der Waals surface area contributed by atoms with Crippen LogP contribution in [-0.2, 0) is 6.18 Å². The van der Waals surface area contributed by atoms with Crippen molar-refractivity contribution < 1.29 is 17.6 Å². The molecular weight excluding hydrogens is 276 g/mol. The van der Waals surface area contributed by atoms with E-state index in [1.54, 1.807) is 6.92 Å². The van der Waals surface area contributed by atoms with Gasteiger partial charge >= 0.3 is 6.18 Å². The van der Waals surface area contributed by atoms with Gasteiger partial charge in [0.15, 0.2) is 0 Å². The minimum atomic E-state index is -4.72. The molecule has 106 valence electrons. The maximum absolute atomic E-state index is 13.3. The highest BCUT2D eigenvalue weighted by atomic mass is 19.4. The Morgan fingerprint density at radius 3 is 2.55 bits per heavy atom. The predicted molar refractivity (Wildman–Crippen MR) is 65.8 cm³/mol. The molecule has 2 rings (SSSR count). The van der Waals surface area contributed by atoms with Gasteiger partial charge in [0.1, 0.15) is 5.82 Å². The standard InChI is InChI=1S/C12H10F4N4/c1-7-6-20(11(17)19-7)18-5-8-2-3-9(10(13)4-8)12(14,15)16/h2-6H,1H3,(H2,17,19). The molecule has 0 fully saturated rings. The first kappa shape index (κ1) is 14.0. The van der Waals surface area contributed by atoms with Crippen LogP contribution in [0.4, 0.5) is 23.5 Å². The number of halogens is 4. The molecule has 20 heavy (non-hydrogen) atoms. The molecule has 2 N–H and O–H groups in total. The molecule has 4 nitrogen and oxygen atoms in total. The van der Waals surface area contributed by atoms with Gasteiger partial charge in [-0.05, 0) is 24.6 Å². The highest BCUT2D eigenvalue weighted by Crippen LogP contribution is 2.31. The number of hydrogen-bond donors (Lipinski definition) is 1. The Hall–Kier alpha value is -2.38. The lowest BCUT2D eigenvalue weighted by Gasteiger charge is -2.07. The number of alkyl halides is 3. The summed E-state index contributed by atoms with van der Waals surface area (Å²) in [6.45, 7) is 1.71. The summed E-state index contributed by atoms with van der Waals surface area (Å²) in [4.78, 5) is 3.89. The monoisotopic (exact) mass is 286 g/mol. The van der Waals surface area contributed by atoms with Crippen LogP contribution in [0.2, 0.25) is 0 Å². The molecule has 1 aromatic heterocycles. The summed E-state index contributed by atoms with van der Waals surface area (Å²) < 4.78 is 51.7. The minimum absolute atomic E-state index is 0.131. The maximum Gasteiger partial charge on any atom is 0.419 e. The molecule has 0 radical (unpaired) electrons. The molecule has 0 unspecified atom stereocenters. The lowest BCUT2D eigenvalue weighted by atomic mass is 10.1. The number of nitrogens with two attached hydrogens (primary N) is 1. The summed E-state index contributed by atoms with van der Waals surface area (Å²) in [5.74, 6) is -1.22. The van der Waals surface area contributed by atoms with Gasteiger partial charge in [-0.15, -0.1) is 0 Å². The number of rotatable bonds is 2. The third kappa shape index (κ3) is 2.95. The summed E-state index contributed by atoms with van der Waals surface area (Å²) in [6.07, 6.45) is -1.99. The Balaban J connectivity index is 2.27. The van der Waals surface area contributed by atoms with Crippen molar-refractivity contribution in [2.75, 3.05) is 5.73 Å². The summed E-state index contributed by atoms with van der Waals surface area (Å²) in [5, 5.41) is 3.89. The summed E-state index contributed by atoms with van der Waals surface area (Å²) in [7, 11) is 0. The first-order valence-electron chi connectivity index (χ1n) is 5.50. The average molecular weight is 286 g/mol. The second kappa shape index (κ2) is 4.95. The van der Waals surface area contributed by atoms with Crippen molar-refractivity contribution >= 4 is 12.2 Å². The zero-order valence-corrected chi connectivity index (χ0v) is 10.3. The van der Waals surface area contributed by atoms with Crippen LogP contribution >= 0.6 is 0 Å². The second-order valence-electron chi connectivity index (χ2n) is 4.07. The lowest BCUT2D eigenvalue weighted by Crippen LogP contribution is -2.08. The quantitative estimate of drug-likeness (QED) is 0.681. The van der Waals surface area contributed by atoms with Crippen LogP contribution in [0.25, 0.3) is 0 Å². The van der Waals surface area contributed by atoms with Gasteiger partial charge in [-0.25, -0.2) is 14.1 Å². The van der Waals surface area contributed by atoms with Crippen molar-refractivity contribution in [2.24, 2.45) is 5.10 Å². The molecule has 0 aliphatic carbocycles. The fraction of sp³-hybridized carbons (Fsp3) is 0.167. The zero-order chi connectivity index (χ0) is 14.9. The zero-order valence-electron chi connectivity index (χ0n) is 10.3. The number of hydrogen-bond acceptors (Lipinski definition) is 3. The van der Waals surface area contributed by atoms with E-state index in [1.807, 2.05) is 0 Å². The van der Waals surface area contributed by atoms with Gasteiger partial charge in [0.2, 0.25) is 5.95 Å². The highest BCUT2D eigenvalue weighted by Gasteiger charge is 2.33. The van der Waals surface area contributed by atoms with Crippen molar-refractivity contribution in [2.45, 2.75) is 13.1 Å². The number of nitrogen functional groups attached to an aromatic ring is 1. The van der Waals surface area contributed by atoms with Gasteiger partial charge in [0.25, 0.3) is 0 Å². The number of imidazole rings is 1. The van der Waals surface area contributed by atoms with E-state index < -0.39 is 17.6 Å². The summed E-state index contributed by atoms with van der Waals surface area (Å²) >= 11 is 0. The van der Waals surface area contributed by atoms with E-state index in [9.17, 15) is 17.6 Å². The Labute approximate surface area is 111 Å². The van der Waals surface area contributed by atoms with Crippen LogP contribution < -0.4 is 5.73 Å². The third-order valence-corrected chi connectivity index (χ3v) is 2.46. The maximum atomic E-state index is 13.3. The first-order valence-corrected chi connectivity index (χ1v) is 5.50. The van der Waals surface area contributed by atoms with Gasteiger partial charge in [-0.1, -0.05) is 6.07 Å². The van der Waals surface area contributed by atoms with Gasteiger partial charge in [-0.3, -0.25) is 0 Å². The number of aryl methyl sites for hydroxylation is 1. The van der Waals surface area contributed by atoms with E-state index in [4.69, 9.17) is 5.73 Å². The Bertz CT molecular complexity index is 658. The molecular formula is C12H10F4N4. The van der Waals surface area contributed by atoms with Crippen LogP contribution in [0.15, 0.2) is 29.5 Å². The third-order valence-electron chi connectivity index (χ3n) is 2.46. The number of aromatic nitrogens is 2. The molecule has 2 aromatic rings.